The maximum Gasteiger partial charge on any atom is 0.322 e. The second kappa shape index (κ2) is 5.64. The second-order valence-electron chi connectivity index (χ2n) is 5.46. The van der Waals surface area contributed by atoms with Crippen molar-refractivity contribution in [2.45, 2.75) is 31.7 Å². The molecule has 0 aromatic heterocycles. The molecule has 21 heavy (non-hydrogen) atoms. The van der Waals surface area contributed by atoms with Gasteiger partial charge in [-0.1, -0.05) is 20.8 Å². The van der Waals surface area contributed by atoms with Crippen molar-refractivity contribution in [1.29, 1.82) is 0 Å². The summed E-state index contributed by atoms with van der Waals surface area (Å²) < 4.78 is 65.5. The molecule has 0 aliphatic carbocycles. The first-order valence-corrected chi connectivity index (χ1v) is 7.24. The van der Waals surface area contributed by atoms with E-state index in [1.54, 1.807) is 4.72 Å². The lowest BCUT2D eigenvalue weighted by molar-refractivity contribution is -0.141. The molecule has 5 nitrogen and oxygen atoms in total. The fraction of sp³-hybridized carbons (Fsp3) is 0.417. The summed E-state index contributed by atoms with van der Waals surface area (Å²) >= 11 is 0. The lowest BCUT2D eigenvalue weighted by atomic mass is 9.88. The molecule has 1 rings (SSSR count). The highest BCUT2D eigenvalue weighted by atomic mass is 32.2. The number of aliphatic carboxylic acids is 1. The Bertz CT molecular complexity index is 645. The van der Waals surface area contributed by atoms with E-state index in [0.29, 0.717) is 0 Å². The van der Waals surface area contributed by atoms with Crippen LogP contribution < -0.4 is 4.72 Å². The third-order valence-electron chi connectivity index (χ3n) is 2.62. The SMILES string of the molecule is CC(C)(C)C(NS(=O)(=O)c1c(F)cc(F)cc1F)C(=O)O. The highest BCUT2D eigenvalue weighted by Gasteiger charge is 2.37. The van der Waals surface area contributed by atoms with E-state index in [0.717, 1.165) is 0 Å². The Morgan fingerprint density at radius 3 is 1.95 bits per heavy atom. The minimum atomic E-state index is -4.81. The lowest BCUT2D eigenvalue weighted by Gasteiger charge is -2.27. The molecule has 0 spiro atoms. The third-order valence-corrected chi connectivity index (χ3v) is 4.09. The lowest BCUT2D eigenvalue weighted by Crippen LogP contribution is -2.49. The highest BCUT2D eigenvalue weighted by molar-refractivity contribution is 7.89. The molecule has 0 amide bonds. The van der Waals surface area contributed by atoms with E-state index in [-0.39, 0.29) is 12.1 Å². The Morgan fingerprint density at radius 2 is 1.62 bits per heavy atom. The molecule has 0 saturated heterocycles. The smallest absolute Gasteiger partial charge is 0.322 e. The molecule has 9 heteroatoms. The fourth-order valence-electron chi connectivity index (χ4n) is 1.60. The van der Waals surface area contributed by atoms with Crippen LogP contribution >= 0.6 is 0 Å². The molecular formula is C12H14F3NO4S. The van der Waals surface area contributed by atoms with E-state index >= 15 is 0 Å². The first-order valence-electron chi connectivity index (χ1n) is 5.76. The molecule has 0 fully saturated rings. The molecule has 1 aromatic carbocycles. The molecule has 118 valence electrons. The van der Waals surface area contributed by atoms with Gasteiger partial charge in [-0.05, 0) is 5.41 Å². The van der Waals surface area contributed by atoms with Crippen LogP contribution in [0.1, 0.15) is 20.8 Å². The van der Waals surface area contributed by atoms with Crippen molar-refractivity contribution in [2.75, 3.05) is 0 Å². The predicted molar refractivity (Wildman–Crippen MR) is 67.5 cm³/mol. The van der Waals surface area contributed by atoms with Gasteiger partial charge in [0.2, 0.25) is 10.0 Å². The Balaban J connectivity index is 3.33. The van der Waals surface area contributed by atoms with E-state index in [9.17, 15) is 26.4 Å². The minimum absolute atomic E-state index is 0.199. The van der Waals surface area contributed by atoms with Crippen molar-refractivity contribution < 1.29 is 31.5 Å². The van der Waals surface area contributed by atoms with Crippen molar-refractivity contribution in [3.8, 4) is 0 Å². The van der Waals surface area contributed by atoms with Crippen molar-refractivity contribution in [3.63, 3.8) is 0 Å². The molecule has 1 aromatic rings. The van der Waals surface area contributed by atoms with Crippen molar-refractivity contribution >= 4 is 16.0 Å². The van der Waals surface area contributed by atoms with Gasteiger partial charge < -0.3 is 5.11 Å². The molecule has 0 bridgehead atoms. The summed E-state index contributed by atoms with van der Waals surface area (Å²) in [6, 6.07) is -1.22. The number of hydrogen-bond acceptors (Lipinski definition) is 3. The quantitative estimate of drug-likeness (QED) is 0.885. The number of rotatable bonds is 4. The van der Waals surface area contributed by atoms with E-state index < -0.39 is 49.8 Å². The van der Waals surface area contributed by atoms with Gasteiger partial charge in [-0.3, -0.25) is 4.79 Å². The predicted octanol–water partition coefficient (Wildman–Crippen LogP) is 1.88. The summed E-state index contributed by atoms with van der Waals surface area (Å²) in [5.74, 6) is -6.07. The average Bonchev–Trinajstić information content (AvgIpc) is 2.21. The number of halogens is 3. The zero-order valence-electron chi connectivity index (χ0n) is 11.4. The summed E-state index contributed by atoms with van der Waals surface area (Å²) in [5.41, 5.74) is -1.05. The van der Waals surface area contributed by atoms with Gasteiger partial charge >= 0.3 is 5.97 Å². The fourth-order valence-corrected chi connectivity index (χ4v) is 3.11. The summed E-state index contributed by atoms with van der Waals surface area (Å²) in [7, 11) is -4.81. The van der Waals surface area contributed by atoms with E-state index in [1.165, 1.54) is 20.8 Å². The van der Waals surface area contributed by atoms with Crippen LogP contribution in [0.5, 0.6) is 0 Å². The first kappa shape index (κ1) is 17.4. The molecule has 0 aliphatic heterocycles. The van der Waals surface area contributed by atoms with Crippen molar-refractivity contribution in [3.05, 3.63) is 29.6 Å². The Morgan fingerprint density at radius 1 is 1.19 bits per heavy atom. The van der Waals surface area contributed by atoms with Gasteiger partial charge in [-0.25, -0.2) is 21.6 Å². The molecule has 1 unspecified atom stereocenters. The zero-order chi connectivity index (χ0) is 16.6. The maximum absolute atomic E-state index is 13.5. The van der Waals surface area contributed by atoms with Gasteiger partial charge in [0.1, 0.15) is 23.5 Å². The number of nitrogens with one attached hydrogen (secondary N) is 1. The number of carboxylic acids is 1. The van der Waals surface area contributed by atoms with Gasteiger partial charge in [0.15, 0.2) is 4.90 Å². The summed E-state index contributed by atoms with van der Waals surface area (Å²) in [4.78, 5) is 9.69. The maximum atomic E-state index is 13.5. The highest BCUT2D eigenvalue weighted by Crippen LogP contribution is 2.24. The van der Waals surface area contributed by atoms with E-state index in [4.69, 9.17) is 5.11 Å². The van der Waals surface area contributed by atoms with Crippen LogP contribution in [0, 0.1) is 22.9 Å². The monoisotopic (exact) mass is 325 g/mol. The first-order chi connectivity index (χ1) is 9.36. The topological polar surface area (TPSA) is 83.5 Å². The molecule has 0 aliphatic rings. The number of carbonyl (C=O) groups is 1. The van der Waals surface area contributed by atoms with Crippen LogP contribution in [-0.4, -0.2) is 25.5 Å². The molecule has 1 atom stereocenters. The van der Waals surface area contributed by atoms with Crippen LogP contribution in [0.4, 0.5) is 13.2 Å². The third kappa shape index (κ3) is 3.94. The molecule has 0 saturated carbocycles. The second-order valence-corrected chi connectivity index (χ2v) is 7.11. The van der Waals surface area contributed by atoms with Crippen LogP contribution in [0.15, 0.2) is 17.0 Å². The summed E-state index contributed by atoms with van der Waals surface area (Å²) in [6.07, 6.45) is 0. The number of carboxylic acid groups (broad SMARTS) is 1. The van der Waals surface area contributed by atoms with Gasteiger partial charge in [0, 0.05) is 12.1 Å². The summed E-state index contributed by atoms with van der Waals surface area (Å²) in [6.45, 7) is 4.31. The Hall–Kier alpha value is -1.61. The normalized spacial score (nSPS) is 14.0. The van der Waals surface area contributed by atoms with Gasteiger partial charge in [-0.2, -0.15) is 4.72 Å². The van der Waals surface area contributed by atoms with E-state index in [1.807, 2.05) is 0 Å². The zero-order valence-corrected chi connectivity index (χ0v) is 12.3. The largest absolute Gasteiger partial charge is 0.480 e. The van der Waals surface area contributed by atoms with Crippen molar-refractivity contribution in [1.82, 2.24) is 4.72 Å². The van der Waals surface area contributed by atoms with Gasteiger partial charge in [0.05, 0.1) is 0 Å². The minimum Gasteiger partial charge on any atom is -0.480 e. The summed E-state index contributed by atoms with van der Waals surface area (Å²) in [5, 5.41) is 9.03. The van der Waals surface area contributed by atoms with Gasteiger partial charge in [0.25, 0.3) is 0 Å². The molecule has 2 N–H and O–H groups in total. The van der Waals surface area contributed by atoms with Crippen LogP contribution in [-0.2, 0) is 14.8 Å². The Kier molecular flexibility index (Phi) is 4.69. The average molecular weight is 325 g/mol. The molecule has 0 heterocycles. The van der Waals surface area contributed by atoms with Crippen LogP contribution in [0.2, 0.25) is 0 Å². The van der Waals surface area contributed by atoms with Crippen LogP contribution in [0.25, 0.3) is 0 Å². The number of hydrogen-bond donors (Lipinski definition) is 2. The van der Waals surface area contributed by atoms with E-state index in [2.05, 4.69) is 0 Å². The number of sulfonamides is 1. The molecular weight excluding hydrogens is 311 g/mol. The van der Waals surface area contributed by atoms with Crippen LogP contribution in [0.3, 0.4) is 0 Å². The van der Waals surface area contributed by atoms with Crippen molar-refractivity contribution in [2.24, 2.45) is 5.41 Å². The number of benzene rings is 1. The standard InChI is InChI=1S/C12H14F3NO4S/c1-12(2,3)10(11(17)18)16-21(19,20)9-7(14)4-6(13)5-8(9)15/h4-5,10,16H,1-3H3,(H,17,18). The Labute approximate surface area is 119 Å². The molecule has 0 radical (unpaired) electrons. The van der Waals surface area contributed by atoms with Gasteiger partial charge in [-0.15, -0.1) is 0 Å².